The molecule has 0 N–H and O–H groups in total. The van der Waals surface area contributed by atoms with Gasteiger partial charge in [-0.15, -0.1) is 0 Å². The molecule has 36 heteroatoms. The molecule has 21 rings (SSSR count). The van der Waals surface area contributed by atoms with Gasteiger partial charge in [0.15, 0.2) is 20.6 Å². The molecular formula is C112H106Cl2F3N17O10S4. The van der Waals surface area contributed by atoms with E-state index >= 15 is 0 Å². The van der Waals surface area contributed by atoms with Gasteiger partial charge in [0.1, 0.15) is 60.6 Å². The summed E-state index contributed by atoms with van der Waals surface area (Å²) in [5.74, 6) is 2.29. The van der Waals surface area contributed by atoms with Crippen molar-refractivity contribution in [1.82, 2.24) is 54.6 Å². The third kappa shape index (κ3) is 24.3. The third-order valence-corrected chi connectivity index (χ3v) is 30.0. The zero-order valence-corrected chi connectivity index (χ0v) is 86.7. The van der Waals surface area contributed by atoms with Crippen LogP contribution in [0.5, 0.6) is 0 Å². The number of rotatable bonds is 20. The SMILES string of the molecule is CSc1nc(Cl)c2c(n1)C[C@@H](c1cccc3cccc(Cl)c13)OC2.[C-]#[N+]C[C@H]1CN(c2nc(SC)nc3c2COC(c2cccc4cccc(C)c24)C3)CCN1C(=O)OCc1ccccc1.[C-]#[N+]C[C@H]1CN(c2nc(SC)nc3c2COC(c2cccc4ccccc24)C3)CCN1C(=O)OCc1ccccc1.[C-]#[N+]C[C@H]1CN(c2nc(SC)nc3c2COC(c2ccccc2C(F)(F)F)C3)CCN1C(=O)OCc1ccccc1. The lowest BCUT2D eigenvalue weighted by molar-refractivity contribution is -0.139. The number of aryl methyl sites for hydroxylation is 1. The first kappa shape index (κ1) is 105. The van der Waals surface area contributed by atoms with Crippen LogP contribution in [0.15, 0.2) is 251 Å². The van der Waals surface area contributed by atoms with E-state index in [9.17, 15) is 27.6 Å². The molecule has 148 heavy (non-hydrogen) atoms. The van der Waals surface area contributed by atoms with Crippen molar-refractivity contribution in [2.24, 2.45) is 0 Å². The van der Waals surface area contributed by atoms with E-state index < -0.39 is 42.2 Å². The van der Waals surface area contributed by atoms with E-state index in [1.54, 1.807) is 20.8 Å². The lowest BCUT2D eigenvalue weighted by Gasteiger charge is -2.40. The number of benzene rings is 10. The van der Waals surface area contributed by atoms with Gasteiger partial charge in [-0.25, -0.2) is 74.0 Å². The summed E-state index contributed by atoms with van der Waals surface area (Å²) in [4.78, 5) is 99.1. The normalized spacial score (nSPS) is 18.4. The van der Waals surface area contributed by atoms with Gasteiger partial charge in [0.05, 0.1) is 79.2 Å². The maximum absolute atomic E-state index is 13.7. The van der Waals surface area contributed by atoms with E-state index in [1.165, 1.54) is 97.4 Å². The number of halogens is 5. The summed E-state index contributed by atoms with van der Waals surface area (Å²) in [6.45, 7) is 31.1. The lowest BCUT2D eigenvalue weighted by Crippen LogP contribution is -2.57. The molecule has 3 amide bonds. The molecule has 10 aromatic carbocycles. The minimum Gasteiger partial charge on any atom is -0.445 e. The van der Waals surface area contributed by atoms with Crippen molar-refractivity contribution in [3.63, 3.8) is 0 Å². The second-order valence-corrected chi connectivity index (χ2v) is 40.1. The maximum Gasteiger partial charge on any atom is 0.416 e. The Morgan fingerprint density at radius 1 is 0.378 bits per heavy atom. The van der Waals surface area contributed by atoms with Crippen LogP contribution in [0, 0.1) is 26.6 Å². The van der Waals surface area contributed by atoms with Crippen LogP contribution in [0.25, 0.3) is 46.9 Å². The minimum atomic E-state index is -4.50. The highest BCUT2D eigenvalue weighted by atomic mass is 35.5. The molecule has 0 spiro atoms. The van der Waals surface area contributed by atoms with Crippen LogP contribution in [0.3, 0.4) is 0 Å². The lowest BCUT2D eigenvalue weighted by atomic mass is 9.92. The van der Waals surface area contributed by atoms with Crippen LogP contribution in [-0.2, 0) is 111 Å². The number of hydrogen-bond donors (Lipinski definition) is 0. The number of ether oxygens (including phenoxy) is 7. The summed E-state index contributed by atoms with van der Waals surface area (Å²) in [6.07, 6.45) is 3.03. The van der Waals surface area contributed by atoms with E-state index in [-0.39, 0.29) is 88.4 Å². The summed E-state index contributed by atoms with van der Waals surface area (Å²) in [5, 5.41) is 10.8. The number of thioether (sulfide) groups is 4. The Morgan fingerprint density at radius 2 is 0.703 bits per heavy atom. The third-order valence-electron chi connectivity index (χ3n) is 27.2. The van der Waals surface area contributed by atoms with Gasteiger partial charge in [-0.3, -0.25) is 14.7 Å². The van der Waals surface area contributed by atoms with E-state index in [1.807, 2.05) is 139 Å². The molecule has 0 saturated carbocycles. The molecule has 0 aliphatic carbocycles. The Balaban J connectivity index is 0.000000131. The van der Waals surface area contributed by atoms with Gasteiger partial charge in [0, 0.05) is 117 Å². The van der Waals surface area contributed by atoms with Gasteiger partial charge in [-0.2, -0.15) is 13.2 Å². The maximum atomic E-state index is 13.7. The van der Waals surface area contributed by atoms with E-state index in [0.29, 0.717) is 141 Å². The van der Waals surface area contributed by atoms with Crippen molar-refractivity contribution >= 4 is 138 Å². The molecule has 0 bridgehead atoms. The number of nitrogens with zero attached hydrogens (tertiary/aromatic N) is 17. The zero-order valence-electron chi connectivity index (χ0n) is 82.0. The van der Waals surface area contributed by atoms with Gasteiger partial charge in [-0.1, -0.05) is 289 Å². The van der Waals surface area contributed by atoms with Crippen LogP contribution in [0.2, 0.25) is 10.2 Å². The Morgan fingerprint density at radius 3 is 1.12 bits per heavy atom. The average Bonchev–Trinajstić information content (AvgIpc) is 0.772. The summed E-state index contributed by atoms with van der Waals surface area (Å²) in [7, 11) is 0. The average molecular weight is 2110 g/mol. The zero-order chi connectivity index (χ0) is 103. The molecule has 758 valence electrons. The molecule has 3 fully saturated rings. The molecule has 14 aromatic rings. The number of fused-ring (bicyclic) bond motifs is 7. The standard InChI is InChI=1S/C33H33N5O3S.C32H31N5O3S.C29H28F3N5O3S.C18H14Cl2N2OS/c1-22-9-7-12-24-13-8-14-26(30(22)24)29-17-28-27(21-40-29)31(36-32(35-28)42-3)37-15-16-38(25(19-37)18-34-2)33(39)41-20-23-10-5-4-6-11-23;1-33-18-24-19-36(15-16-37(24)32(38)40-20-22-9-4-3-5-10-22)30-27-21-39-29(17-28(27)34-31(35-30)41-2)26-14-8-12-23-11-6-7-13-25(23)26;1-33-15-20-16-36(12-13-37(20)28(38)40-17-19-8-4-3-5-9-19)26-22-18-39-25(14-24(22)34-27(35-26)41-2)21-10-6-7-11-23(21)29(30,31)32;1-24-18-21-14-8-15(23-9-12(14)17(20)22-18)11-6-2-4-10-5-3-7-13(19)16(10)11/h4-14,25,29H,15-21H2,1,3H3;3-14,24,29H,15-21H2,2H3;3-11,20,25H,12-18H2,2H3;2-7,15H,8-9H2,1H3/t25-,29?;24-,29?;20-,25?;15-/m0000/s1. The molecule has 0 radical (unpaired) electrons. The van der Waals surface area contributed by atoms with Crippen molar-refractivity contribution in [2.45, 2.75) is 148 Å². The summed E-state index contributed by atoms with van der Waals surface area (Å²) < 4.78 is 82.9. The Bertz CT molecular complexity index is 7280. The molecule has 4 aromatic heterocycles. The van der Waals surface area contributed by atoms with Crippen molar-refractivity contribution < 1.29 is 60.7 Å². The van der Waals surface area contributed by atoms with Crippen molar-refractivity contribution in [3.8, 4) is 0 Å². The van der Waals surface area contributed by atoms with Gasteiger partial charge >= 0.3 is 24.5 Å². The number of carbonyl (C=O) groups is 3. The molecule has 7 aliphatic heterocycles. The van der Waals surface area contributed by atoms with Crippen LogP contribution < -0.4 is 14.7 Å². The number of carbonyl (C=O) groups excluding carboxylic acids is 3. The van der Waals surface area contributed by atoms with Gasteiger partial charge in [-0.05, 0) is 116 Å². The summed E-state index contributed by atoms with van der Waals surface area (Å²) in [6, 6.07) is 72.6. The first-order valence-corrected chi connectivity index (χ1v) is 54.1. The number of hydrogen-bond acceptors (Lipinski definition) is 25. The second-order valence-electron chi connectivity index (χ2n) is 36.2. The number of alkyl halides is 3. The first-order chi connectivity index (χ1) is 72.1. The predicted octanol–water partition coefficient (Wildman–Crippen LogP) is 23.4. The number of anilines is 3. The van der Waals surface area contributed by atoms with E-state index in [2.05, 4.69) is 143 Å². The van der Waals surface area contributed by atoms with Gasteiger partial charge < -0.3 is 62.4 Å². The highest BCUT2D eigenvalue weighted by Crippen LogP contribution is 2.46. The fraction of sp³-hybridized carbons (Fsp3) is 0.321. The van der Waals surface area contributed by atoms with E-state index in [4.69, 9.17) is 101 Å². The molecule has 11 heterocycles. The van der Waals surface area contributed by atoms with Crippen molar-refractivity contribution in [2.75, 3.05) is 118 Å². The topological polar surface area (TPSA) is 251 Å². The number of amides is 3. The molecule has 3 unspecified atom stereocenters. The quantitative estimate of drug-likeness (QED) is 0.0226. The van der Waals surface area contributed by atoms with E-state index in [0.717, 1.165) is 89.5 Å². The van der Waals surface area contributed by atoms with Crippen molar-refractivity contribution in [3.05, 3.63) is 370 Å². The van der Waals surface area contributed by atoms with Gasteiger partial charge in [0.2, 0.25) is 19.6 Å². The smallest absolute Gasteiger partial charge is 0.416 e. The number of piperazine rings is 3. The molecule has 7 aliphatic rings. The van der Waals surface area contributed by atoms with Crippen LogP contribution in [0.4, 0.5) is 45.0 Å². The summed E-state index contributed by atoms with van der Waals surface area (Å²) in [5.41, 5.74) is 13.9. The highest BCUT2D eigenvalue weighted by Gasteiger charge is 2.44. The van der Waals surface area contributed by atoms with Crippen molar-refractivity contribution in [1.29, 1.82) is 0 Å². The number of aromatic nitrogens is 8. The Hall–Kier alpha value is -13.4. The minimum absolute atomic E-state index is 0.0446. The van der Waals surface area contributed by atoms with Gasteiger partial charge in [0.25, 0.3) is 0 Å². The second kappa shape index (κ2) is 48.7. The molecule has 27 nitrogen and oxygen atoms in total. The Kier molecular flexibility index (Phi) is 34.4. The van der Waals surface area contributed by atoms with Crippen LogP contribution in [-0.4, -0.2) is 195 Å². The molecule has 7 atom stereocenters. The molecule has 3 saturated heterocycles. The summed E-state index contributed by atoms with van der Waals surface area (Å²) >= 11 is 18.6. The Labute approximate surface area is 883 Å². The first-order valence-electron chi connectivity index (χ1n) is 48.5. The predicted molar refractivity (Wildman–Crippen MR) is 571 cm³/mol. The highest BCUT2D eigenvalue weighted by molar-refractivity contribution is 7.99. The largest absolute Gasteiger partial charge is 0.445 e. The fourth-order valence-electron chi connectivity index (χ4n) is 19.9. The monoisotopic (exact) mass is 2100 g/mol. The molecular weight excluding hydrogens is 2000 g/mol. The van der Waals surface area contributed by atoms with Crippen LogP contribution >= 0.6 is 70.2 Å². The van der Waals surface area contributed by atoms with Crippen LogP contribution in [0.1, 0.15) is 120 Å². The fourth-order valence-corrected chi connectivity index (χ4v) is 22.0.